The fraction of sp³-hybridized carbons (Fsp3) is 0.444. The summed E-state index contributed by atoms with van der Waals surface area (Å²) in [6.07, 6.45) is 1.83. The van der Waals surface area contributed by atoms with Crippen molar-refractivity contribution in [1.82, 2.24) is 14.9 Å². The van der Waals surface area contributed by atoms with Crippen LogP contribution in [0.1, 0.15) is 12.8 Å². The molecule has 1 saturated heterocycles. The maximum Gasteiger partial charge on any atom is 0.325 e. The van der Waals surface area contributed by atoms with Gasteiger partial charge in [-0.2, -0.15) is 0 Å². The van der Waals surface area contributed by atoms with E-state index in [1.165, 1.54) is 7.11 Å². The molecule has 0 saturated carbocycles. The SMILES string of the molecule is COC(=O)CNC(=O)CSc1nc2ccccc2c(=O)n1C[C@H]1CCCO1. The number of methoxy groups -OCH3 is 1. The lowest BCUT2D eigenvalue weighted by Gasteiger charge is -2.16. The van der Waals surface area contributed by atoms with Gasteiger partial charge >= 0.3 is 5.97 Å². The molecule has 2 heterocycles. The molecule has 3 rings (SSSR count). The quantitative estimate of drug-likeness (QED) is 0.426. The summed E-state index contributed by atoms with van der Waals surface area (Å²) in [6.45, 7) is 0.908. The van der Waals surface area contributed by atoms with Gasteiger partial charge in [0.1, 0.15) is 6.54 Å². The number of ether oxygens (including phenoxy) is 2. The number of carbonyl (C=O) groups is 2. The zero-order chi connectivity index (χ0) is 19.2. The van der Waals surface area contributed by atoms with Crippen LogP contribution in [-0.2, 0) is 25.6 Å². The van der Waals surface area contributed by atoms with E-state index in [0.29, 0.717) is 29.2 Å². The predicted molar refractivity (Wildman–Crippen MR) is 101 cm³/mol. The smallest absolute Gasteiger partial charge is 0.325 e. The number of amides is 1. The van der Waals surface area contributed by atoms with Gasteiger partial charge in [0.15, 0.2) is 5.16 Å². The second-order valence-electron chi connectivity index (χ2n) is 6.10. The predicted octanol–water partition coefficient (Wildman–Crippen LogP) is 0.957. The van der Waals surface area contributed by atoms with E-state index >= 15 is 0 Å². The molecule has 0 unspecified atom stereocenters. The van der Waals surface area contributed by atoms with Crippen molar-refractivity contribution in [1.29, 1.82) is 0 Å². The minimum absolute atomic E-state index is 0.0295. The van der Waals surface area contributed by atoms with Crippen LogP contribution < -0.4 is 10.9 Å². The lowest BCUT2D eigenvalue weighted by Crippen LogP contribution is -2.32. The summed E-state index contributed by atoms with van der Waals surface area (Å²) in [7, 11) is 1.26. The van der Waals surface area contributed by atoms with Crippen molar-refractivity contribution in [2.45, 2.75) is 30.6 Å². The summed E-state index contributed by atoms with van der Waals surface area (Å²) in [4.78, 5) is 40.6. The van der Waals surface area contributed by atoms with Gasteiger partial charge in [-0.05, 0) is 25.0 Å². The first-order valence-corrected chi connectivity index (χ1v) is 9.64. The second-order valence-corrected chi connectivity index (χ2v) is 7.05. The molecular weight excluding hydrogens is 370 g/mol. The van der Waals surface area contributed by atoms with Crippen LogP contribution in [0.5, 0.6) is 0 Å². The maximum absolute atomic E-state index is 12.9. The molecule has 0 bridgehead atoms. The molecule has 1 amide bonds. The Morgan fingerprint density at radius 3 is 2.96 bits per heavy atom. The van der Waals surface area contributed by atoms with Crippen LogP contribution in [0.15, 0.2) is 34.2 Å². The molecule has 2 aromatic rings. The molecule has 0 aliphatic carbocycles. The number of carbonyl (C=O) groups excluding carboxylic acids is 2. The van der Waals surface area contributed by atoms with Crippen molar-refractivity contribution in [3.05, 3.63) is 34.6 Å². The molecule has 8 nitrogen and oxygen atoms in total. The first-order valence-electron chi connectivity index (χ1n) is 8.66. The Morgan fingerprint density at radius 2 is 2.22 bits per heavy atom. The Labute approximate surface area is 160 Å². The van der Waals surface area contributed by atoms with Crippen LogP contribution in [-0.4, -0.2) is 53.5 Å². The van der Waals surface area contributed by atoms with Crippen LogP contribution in [0, 0.1) is 0 Å². The van der Waals surface area contributed by atoms with Crippen molar-refractivity contribution >= 4 is 34.5 Å². The summed E-state index contributed by atoms with van der Waals surface area (Å²) in [5.74, 6) is -0.822. The van der Waals surface area contributed by atoms with Gasteiger partial charge in [0.25, 0.3) is 5.56 Å². The lowest BCUT2D eigenvalue weighted by molar-refractivity contribution is -0.140. The third kappa shape index (κ3) is 4.86. The largest absolute Gasteiger partial charge is 0.468 e. The number of rotatable bonds is 7. The van der Waals surface area contributed by atoms with Crippen molar-refractivity contribution in [3.8, 4) is 0 Å². The van der Waals surface area contributed by atoms with Gasteiger partial charge in [0.05, 0.1) is 36.4 Å². The summed E-state index contributed by atoms with van der Waals surface area (Å²) in [5, 5.41) is 3.47. The third-order valence-electron chi connectivity index (χ3n) is 4.23. The molecular formula is C18H21N3O5S. The van der Waals surface area contributed by atoms with Crippen molar-refractivity contribution in [2.24, 2.45) is 0 Å². The minimum Gasteiger partial charge on any atom is -0.468 e. The van der Waals surface area contributed by atoms with Crippen LogP contribution in [0.3, 0.4) is 0 Å². The molecule has 1 N–H and O–H groups in total. The van der Waals surface area contributed by atoms with Gasteiger partial charge < -0.3 is 14.8 Å². The molecule has 1 aromatic carbocycles. The van der Waals surface area contributed by atoms with Gasteiger partial charge in [-0.3, -0.25) is 19.0 Å². The van der Waals surface area contributed by atoms with E-state index in [-0.39, 0.29) is 29.9 Å². The lowest BCUT2D eigenvalue weighted by atomic mass is 10.2. The van der Waals surface area contributed by atoms with E-state index in [1.807, 2.05) is 6.07 Å². The van der Waals surface area contributed by atoms with Crippen LogP contribution in [0.25, 0.3) is 10.9 Å². The molecule has 9 heteroatoms. The molecule has 1 atom stereocenters. The van der Waals surface area contributed by atoms with Gasteiger partial charge in [-0.1, -0.05) is 23.9 Å². The minimum atomic E-state index is -0.521. The molecule has 1 aromatic heterocycles. The Hall–Kier alpha value is -2.39. The number of aromatic nitrogens is 2. The molecule has 27 heavy (non-hydrogen) atoms. The highest BCUT2D eigenvalue weighted by molar-refractivity contribution is 7.99. The van der Waals surface area contributed by atoms with E-state index in [9.17, 15) is 14.4 Å². The highest BCUT2D eigenvalue weighted by atomic mass is 32.2. The number of para-hydroxylation sites is 1. The second kappa shape index (κ2) is 9.01. The molecule has 0 spiro atoms. The summed E-state index contributed by atoms with van der Waals surface area (Å²) in [6, 6.07) is 7.13. The average Bonchev–Trinajstić information content (AvgIpc) is 3.20. The summed E-state index contributed by atoms with van der Waals surface area (Å²) < 4.78 is 11.7. The number of fused-ring (bicyclic) bond motifs is 1. The fourth-order valence-corrected chi connectivity index (χ4v) is 3.67. The van der Waals surface area contributed by atoms with Gasteiger partial charge in [-0.25, -0.2) is 4.98 Å². The monoisotopic (exact) mass is 391 g/mol. The number of benzene rings is 1. The zero-order valence-electron chi connectivity index (χ0n) is 15.0. The van der Waals surface area contributed by atoms with Crippen LogP contribution >= 0.6 is 11.8 Å². The summed E-state index contributed by atoms with van der Waals surface area (Å²) >= 11 is 1.16. The Morgan fingerprint density at radius 1 is 1.41 bits per heavy atom. The van der Waals surface area contributed by atoms with Crippen molar-refractivity contribution in [3.63, 3.8) is 0 Å². The number of esters is 1. The van der Waals surface area contributed by atoms with E-state index < -0.39 is 5.97 Å². The first kappa shape index (κ1) is 19.4. The summed E-state index contributed by atoms with van der Waals surface area (Å²) in [5.41, 5.74) is 0.442. The van der Waals surface area contributed by atoms with Crippen LogP contribution in [0.4, 0.5) is 0 Å². The van der Waals surface area contributed by atoms with Crippen molar-refractivity contribution in [2.75, 3.05) is 26.0 Å². The van der Waals surface area contributed by atoms with E-state index in [2.05, 4.69) is 15.0 Å². The fourth-order valence-electron chi connectivity index (χ4n) is 2.83. The Kier molecular flexibility index (Phi) is 6.46. The Bertz CT molecular complexity index is 892. The van der Waals surface area contributed by atoms with Gasteiger partial charge in [0.2, 0.25) is 5.91 Å². The van der Waals surface area contributed by atoms with Gasteiger partial charge in [-0.15, -0.1) is 0 Å². The normalized spacial score (nSPS) is 16.4. The Balaban J connectivity index is 1.80. The first-order chi connectivity index (χ1) is 13.1. The molecule has 0 radical (unpaired) electrons. The van der Waals surface area contributed by atoms with E-state index in [4.69, 9.17) is 4.74 Å². The number of nitrogens with zero attached hydrogens (tertiary/aromatic N) is 2. The highest BCUT2D eigenvalue weighted by Crippen LogP contribution is 2.20. The van der Waals surface area contributed by atoms with E-state index in [1.54, 1.807) is 22.8 Å². The van der Waals surface area contributed by atoms with Crippen molar-refractivity contribution < 1.29 is 19.1 Å². The molecule has 1 aliphatic heterocycles. The third-order valence-corrected chi connectivity index (χ3v) is 5.20. The molecule has 1 aliphatic rings. The van der Waals surface area contributed by atoms with Gasteiger partial charge in [0, 0.05) is 6.61 Å². The number of thioether (sulfide) groups is 1. The van der Waals surface area contributed by atoms with E-state index in [0.717, 1.165) is 24.6 Å². The zero-order valence-corrected chi connectivity index (χ0v) is 15.8. The standard InChI is InChI=1S/C18H21N3O5S/c1-25-16(23)9-19-15(22)11-27-18-20-14-7-3-2-6-13(14)17(24)21(18)10-12-5-4-8-26-12/h2-3,6-7,12H,4-5,8-11H2,1H3,(H,19,22)/t12-/m1/s1. The number of hydrogen-bond donors (Lipinski definition) is 1. The number of hydrogen-bond acceptors (Lipinski definition) is 7. The molecule has 144 valence electrons. The molecule has 1 fully saturated rings. The topological polar surface area (TPSA) is 99.5 Å². The average molecular weight is 391 g/mol. The number of nitrogens with one attached hydrogen (secondary N) is 1. The maximum atomic E-state index is 12.9. The van der Waals surface area contributed by atoms with Crippen LogP contribution in [0.2, 0.25) is 0 Å². The highest BCUT2D eigenvalue weighted by Gasteiger charge is 2.20.